The molecule has 0 atom stereocenters. The summed E-state index contributed by atoms with van der Waals surface area (Å²) in [5, 5.41) is 22.4. The van der Waals surface area contributed by atoms with Crippen molar-refractivity contribution in [2.45, 2.75) is 27.7 Å². The van der Waals surface area contributed by atoms with Gasteiger partial charge in [-0.1, -0.05) is 0 Å². The van der Waals surface area contributed by atoms with Gasteiger partial charge in [0, 0.05) is 11.3 Å². The third-order valence-corrected chi connectivity index (χ3v) is 4.09. The van der Waals surface area contributed by atoms with Crippen molar-refractivity contribution in [2.24, 2.45) is 0 Å². The van der Waals surface area contributed by atoms with Crippen LogP contribution >= 0.6 is 0 Å². The summed E-state index contributed by atoms with van der Waals surface area (Å²) in [5.74, 6) is -0.355. The predicted octanol–water partition coefficient (Wildman–Crippen LogP) is 2.75. The molecule has 0 heterocycles. The number of phenols is 2. The smallest absolute Gasteiger partial charge is 0.256 e. The number of carbonyl (C=O) groups excluding carboxylic acids is 1. The standard InChI is InChI=1S/C17H21N3O3/c1-7-5-11(9(3)13(18)15(7)21)17(23)20-12-6-8(2)16(22)14(19)10(12)4/h5-6,21-22H,18-19H2,1-4H3,(H,20,23). The first-order chi connectivity index (χ1) is 10.6. The fraction of sp³-hybridized carbons (Fsp3) is 0.235. The highest BCUT2D eigenvalue weighted by Crippen LogP contribution is 2.35. The summed E-state index contributed by atoms with van der Waals surface area (Å²) < 4.78 is 0. The van der Waals surface area contributed by atoms with Crippen LogP contribution in [0.2, 0.25) is 0 Å². The van der Waals surface area contributed by atoms with Gasteiger partial charge in [0.25, 0.3) is 5.91 Å². The lowest BCUT2D eigenvalue weighted by atomic mass is 10.0. The molecule has 0 saturated heterocycles. The fourth-order valence-electron chi connectivity index (χ4n) is 2.41. The number of rotatable bonds is 2. The summed E-state index contributed by atoms with van der Waals surface area (Å²) in [4.78, 5) is 12.6. The molecule has 0 bridgehead atoms. The minimum Gasteiger partial charge on any atom is -0.506 e. The van der Waals surface area contributed by atoms with Crippen molar-refractivity contribution in [1.82, 2.24) is 0 Å². The topological polar surface area (TPSA) is 122 Å². The van der Waals surface area contributed by atoms with Crippen LogP contribution in [-0.2, 0) is 0 Å². The first-order valence-electron chi connectivity index (χ1n) is 7.13. The van der Waals surface area contributed by atoms with Gasteiger partial charge in [-0.25, -0.2) is 0 Å². The van der Waals surface area contributed by atoms with E-state index in [0.717, 1.165) is 0 Å². The zero-order valence-corrected chi connectivity index (χ0v) is 13.6. The van der Waals surface area contributed by atoms with Gasteiger partial charge < -0.3 is 27.0 Å². The van der Waals surface area contributed by atoms with Crippen LogP contribution in [0.4, 0.5) is 17.1 Å². The number of phenolic OH excluding ortho intramolecular Hbond substituents is 2. The van der Waals surface area contributed by atoms with Crippen LogP contribution in [0.5, 0.6) is 11.5 Å². The van der Waals surface area contributed by atoms with Crippen molar-refractivity contribution in [2.75, 3.05) is 16.8 Å². The SMILES string of the molecule is Cc1cc(NC(=O)c2cc(C)c(O)c(N)c2C)c(C)c(N)c1O. The van der Waals surface area contributed by atoms with E-state index in [2.05, 4.69) is 5.32 Å². The van der Waals surface area contributed by atoms with E-state index in [1.165, 1.54) is 0 Å². The molecule has 2 aromatic carbocycles. The molecule has 0 aliphatic heterocycles. The third-order valence-electron chi connectivity index (χ3n) is 4.09. The Kier molecular flexibility index (Phi) is 4.10. The van der Waals surface area contributed by atoms with E-state index in [1.807, 2.05) is 0 Å². The van der Waals surface area contributed by atoms with Gasteiger partial charge in [-0.05, 0) is 62.1 Å². The average molecular weight is 315 g/mol. The zero-order chi connectivity index (χ0) is 17.5. The van der Waals surface area contributed by atoms with Gasteiger partial charge in [0.15, 0.2) is 0 Å². The molecule has 122 valence electrons. The Bertz CT molecular complexity index is 814. The Morgan fingerprint density at radius 3 is 1.96 bits per heavy atom. The molecule has 6 nitrogen and oxygen atoms in total. The van der Waals surface area contributed by atoms with Crippen molar-refractivity contribution >= 4 is 23.0 Å². The van der Waals surface area contributed by atoms with E-state index >= 15 is 0 Å². The summed E-state index contributed by atoms with van der Waals surface area (Å²) in [5.41, 5.74) is 15.2. The zero-order valence-electron chi connectivity index (χ0n) is 13.6. The van der Waals surface area contributed by atoms with E-state index in [0.29, 0.717) is 33.5 Å². The second-order valence-corrected chi connectivity index (χ2v) is 5.71. The van der Waals surface area contributed by atoms with Crippen LogP contribution in [0.3, 0.4) is 0 Å². The quantitative estimate of drug-likeness (QED) is 0.331. The van der Waals surface area contributed by atoms with E-state index in [9.17, 15) is 15.0 Å². The predicted molar refractivity (Wildman–Crippen MR) is 91.9 cm³/mol. The number of nitrogen functional groups attached to an aromatic ring is 2. The number of nitrogens with one attached hydrogen (secondary N) is 1. The number of aromatic hydroxyl groups is 2. The molecule has 0 aliphatic rings. The normalized spacial score (nSPS) is 10.6. The van der Waals surface area contributed by atoms with Gasteiger partial charge in [0.2, 0.25) is 0 Å². The number of hydrogen-bond donors (Lipinski definition) is 5. The van der Waals surface area contributed by atoms with Crippen LogP contribution < -0.4 is 16.8 Å². The molecule has 0 radical (unpaired) electrons. The van der Waals surface area contributed by atoms with Crippen LogP contribution in [0.15, 0.2) is 12.1 Å². The molecule has 1 amide bonds. The van der Waals surface area contributed by atoms with Gasteiger partial charge in [0.05, 0.1) is 11.4 Å². The highest BCUT2D eigenvalue weighted by molar-refractivity contribution is 6.07. The molecular formula is C17H21N3O3. The van der Waals surface area contributed by atoms with Crippen molar-refractivity contribution in [3.63, 3.8) is 0 Å². The summed E-state index contributed by atoms with van der Waals surface area (Å²) >= 11 is 0. The van der Waals surface area contributed by atoms with Crippen LogP contribution in [-0.4, -0.2) is 16.1 Å². The monoisotopic (exact) mass is 315 g/mol. The first kappa shape index (κ1) is 16.5. The molecule has 6 heteroatoms. The number of aryl methyl sites for hydroxylation is 2. The van der Waals surface area contributed by atoms with Gasteiger partial charge >= 0.3 is 0 Å². The number of hydrogen-bond acceptors (Lipinski definition) is 5. The van der Waals surface area contributed by atoms with E-state index in [4.69, 9.17) is 11.5 Å². The molecule has 2 aromatic rings. The van der Waals surface area contributed by atoms with Gasteiger partial charge in [-0.3, -0.25) is 4.79 Å². The Labute approximate surface area is 134 Å². The Hall–Kier alpha value is -2.89. The number of amides is 1. The third kappa shape index (κ3) is 2.75. The van der Waals surface area contributed by atoms with Crippen molar-refractivity contribution < 1.29 is 15.0 Å². The second-order valence-electron chi connectivity index (χ2n) is 5.71. The average Bonchev–Trinajstić information content (AvgIpc) is 2.51. The van der Waals surface area contributed by atoms with Crippen LogP contribution in [0.25, 0.3) is 0 Å². The Morgan fingerprint density at radius 2 is 1.39 bits per heavy atom. The lowest BCUT2D eigenvalue weighted by molar-refractivity contribution is 0.102. The van der Waals surface area contributed by atoms with Gasteiger partial charge in [0.1, 0.15) is 11.5 Å². The highest BCUT2D eigenvalue weighted by Gasteiger charge is 2.18. The molecule has 0 unspecified atom stereocenters. The minimum atomic E-state index is -0.357. The molecule has 7 N–H and O–H groups in total. The maximum absolute atomic E-state index is 12.6. The number of nitrogens with two attached hydrogens (primary N) is 2. The largest absolute Gasteiger partial charge is 0.506 e. The second kappa shape index (κ2) is 5.72. The first-order valence-corrected chi connectivity index (χ1v) is 7.13. The summed E-state index contributed by atoms with van der Waals surface area (Å²) in [7, 11) is 0. The van der Waals surface area contributed by atoms with Gasteiger partial charge in [-0.2, -0.15) is 0 Å². The highest BCUT2D eigenvalue weighted by atomic mass is 16.3. The summed E-state index contributed by atoms with van der Waals surface area (Å²) in [6.45, 7) is 6.77. The number of anilines is 3. The van der Waals surface area contributed by atoms with Crippen molar-refractivity contribution in [1.29, 1.82) is 0 Å². The van der Waals surface area contributed by atoms with E-state index in [1.54, 1.807) is 39.8 Å². The Morgan fingerprint density at radius 1 is 0.913 bits per heavy atom. The molecule has 0 spiro atoms. The molecule has 0 fully saturated rings. The molecule has 23 heavy (non-hydrogen) atoms. The lowest BCUT2D eigenvalue weighted by Gasteiger charge is -2.16. The number of benzene rings is 2. The maximum Gasteiger partial charge on any atom is 0.256 e. The number of carbonyl (C=O) groups is 1. The molecule has 0 aliphatic carbocycles. The maximum atomic E-state index is 12.6. The fourth-order valence-corrected chi connectivity index (χ4v) is 2.41. The molecular weight excluding hydrogens is 294 g/mol. The Balaban J connectivity index is 2.45. The summed E-state index contributed by atoms with van der Waals surface area (Å²) in [6, 6.07) is 3.24. The van der Waals surface area contributed by atoms with Crippen LogP contribution in [0, 0.1) is 27.7 Å². The van der Waals surface area contributed by atoms with Crippen molar-refractivity contribution in [3.8, 4) is 11.5 Å². The van der Waals surface area contributed by atoms with Gasteiger partial charge in [-0.15, -0.1) is 0 Å². The molecule has 0 saturated carbocycles. The molecule has 0 aromatic heterocycles. The summed E-state index contributed by atoms with van der Waals surface area (Å²) in [6.07, 6.45) is 0. The molecule has 2 rings (SSSR count). The van der Waals surface area contributed by atoms with E-state index in [-0.39, 0.29) is 28.8 Å². The van der Waals surface area contributed by atoms with E-state index < -0.39 is 0 Å². The van der Waals surface area contributed by atoms with Crippen molar-refractivity contribution in [3.05, 3.63) is 39.9 Å². The van der Waals surface area contributed by atoms with Crippen LogP contribution in [0.1, 0.15) is 32.6 Å². The minimum absolute atomic E-state index is 0.0139. The lowest BCUT2D eigenvalue weighted by Crippen LogP contribution is -2.16.